The molecule has 1 fully saturated rings. The number of aromatic nitrogens is 2. The number of carbonyl (C=O) groups excluding carboxylic acids is 2. The highest BCUT2D eigenvalue weighted by atomic mass is 19.1. The SMILES string of the molecule is C=C(F)C(=O)N1CCCC(c2[nH]ncc2C(=O)N(C)C)C1. The summed E-state index contributed by atoms with van der Waals surface area (Å²) in [4.78, 5) is 26.7. The maximum Gasteiger partial charge on any atom is 0.281 e. The van der Waals surface area contributed by atoms with Crippen LogP contribution in [0.15, 0.2) is 18.6 Å². The average molecular weight is 294 g/mol. The van der Waals surface area contributed by atoms with Crippen LogP contribution >= 0.6 is 0 Å². The van der Waals surface area contributed by atoms with Crippen LogP contribution in [0, 0.1) is 0 Å². The number of rotatable bonds is 3. The highest BCUT2D eigenvalue weighted by molar-refractivity contribution is 5.95. The van der Waals surface area contributed by atoms with Gasteiger partial charge in [-0.15, -0.1) is 0 Å². The zero-order chi connectivity index (χ0) is 15.6. The molecule has 6 nitrogen and oxygen atoms in total. The van der Waals surface area contributed by atoms with E-state index in [1.807, 2.05) is 0 Å². The van der Waals surface area contributed by atoms with E-state index >= 15 is 0 Å². The quantitative estimate of drug-likeness (QED) is 0.854. The number of hydrogen-bond acceptors (Lipinski definition) is 3. The molecule has 21 heavy (non-hydrogen) atoms. The van der Waals surface area contributed by atoms with Crippen LogP contribution in [0.4, 0.5) is 4.39 Å². The smallest absolute Gasteiger partial charge is 0.281 e. The summed E-state index contributed by atoms with van der Waals surface area (Å²) in [6.07, 6.45) is 3.06. The summed E-state index contributed by atoms with van der Waals surface area (Å²) in [5.41, 5.74) is 1.20. The van der Waals surface area contributed by atoms with Gasteiger partial charge in [-0.3, -0.25) is 14.7 Å². The summed E-state index contributed by atoms with van der Waals surface area (Å²) in [6, 6.07) is 0. The highest BCUT2D eigenvalue weighted by Gasteiger charge is 2.30. The standard InChI is InChI=1S/C14H19FN4O2/c1-9(15)13(20)19-6-4-5-10(8-19)12-11(7-16-17-12)14(21)18(2)3/h7,10H,1,4-6,8H2,2-3H3,(H,16,17). The first-order valence-electron chi connectivity index (χ1n) is 6.80. The summed E-state index contributed by atoms with van der Waals surface area (Å²) in [7, 11) is 3.34. The molecule has 0 radical (unpaired) electrons. The maximum absolute atomic E-state index is 13.0. The number of amides is 2. The fourth-order valence-electron chi connectivity index (χ4n) is 2.59. The van der Waals surface area contributed by atoms with E-state index in [9.17, 15) is 14.0 Å². The lowest BCUT2D eigenvalue weighted by atomic mass is 9.92. The van der Waals surface area contributed by atoms with E-state index in [0.29, 0.717) is 24.3 Å². The number of halogens is 1. The van der Waals surface area contributed by atoms with Crippen molar-refractivity contribution in [3.05, 3.63) is 29.9 Å². The van der Waals surface area contributed by atoms with Gasteiger partial charge >= 0.3 is 0 Å². The van der Waals surface area contributed by atoms with Gasteiger partial charge in [0.15, 0.2) is 5.83 Å². The second kappa shape index (κ2) is 6.07. The summed E-state index contributed by atoms with van der Waals surface area (Å²) in [5.74, 6) is -1.83. The molecular weight excluding hydrogens is 275 g/mol. The molecule has 2 heterocycles. The van der Waals surface area contributed by atoms with Crippen molar-refractivity contribution in [2.75, 3.05) is 27.2 Å². The molecule has 0 aromatic carbocycles. The summed E-state index contributed by atoms with van der Waals surface area (Å²) >= 11 is 0. The van der Waals surface area contributed by atoms with E-state index in [2.05, 4.69) is 16.8 Å². The first-order valence-corrected chi connectivity index (χ1v) is 6.80. The molecule has 1 aliphatic rings. The average Bonchev–Trinajstić information content (AvgIpc) is 2.94. The van der Waals surface area contributed by atoms with Gasteiger partial charge in [0.05, 0.1) is 17.5 Å². The van der Waals surface area contributed by atoms with Crippen molar-refractivity contribution in [3.63, 3.8) is 0 Å². The highest BCUT2D eigenvalue weighted by Crippen LogP contribution is 2.28. The molecule has 1 aromatic rings. The third-order valence-electron chi connectivity index (χ3n) is 3.65. The second-order valence-electron chi connectivity index (χ2n) is 5.39. The number of hydrogen-bond donors (Lipinski definition) is 1. The Kier molecular flexibility index (Phi) is 4.40. The Labute approximate surface area is 122 Å². The molecule has 2 amide bonds. The molecule has 0 spiro atoms. The van der Waals surface area contributed by atoms with E-state index in [4.69, 9.17) is 0 Å². The van der Waals surface area contributed by atoms with Crippen LogP contribution in [0.3, 0.4) is 0 Å². The molecule has 1 atom stereocenters. The first-order chi connectivity index (χ1) is 9.91. The van der Waals surface area contributed by atoms with Crippen molar-refractivity contribution >= 4 is 11.8 Å². The van der Waals surface area contributed by atoms with Crippen LogP contribution in [-0.4, -0.2) is 59.0 Å². The van der Waals surface area contributed by atoms with Gasteiger partial charge < -0.3 is 9.80 Å². The minimum Gasteiger partial charge on any atom is -0.345 e. The Hall–Kier alpha value is -2.18. The number of likely N-dealkylation sites (tertiary alicyclic amines) is 1. The Morgan fingerprint density at radius 2 is 2.24 bits per heavy atom. The zero-order valence-corrected chi connectivity index (χ0v) is 12.2. The lowest BCUT2D eigenvalue weighted by Gasteiger charge is -2.32. The summed E-state index contributed by atoms with van der Waals surface area (Å²) < 4.78 is 13.0. The molecule has 0 saturated carbocycles. The predicted octanol–water partition coefficient (Wildman–Crippen LogP) is 1.30. The monoisotopic (exact) mass is 294 g/mol. The third kappa shape index (κ3) is 3.12. The minimum atomic E-state index is -0.954. The number of carbonyl (C=O) groups is 2. The minimum absolute atomic E-state index is 0.0524. The summed E-state index contributed by atoms with van der Waals surface area (Å²) in [6.45, 7) is 3.91. The Bertz CT molecular complexity index is 567. The number of nitrogens with one attached hydrogen (secondary N) is 1. The van der Waals surface area contributed by atoms with Crippen molar-refractivity contribution in [1.82, 2.24) is 20.0 Å². The fraction of sp³-hybridized carbons (Fsp3) is 0.500. The molecule has 1 unspecified atom stereocenters. The van der Waals surface area contributed by atoms with E-state index in [0.717, 1.165) is 12.8 Å². The number of aromatic amines is 1. The van der Waals surface area contributed by atoms with Gasteiger partial charge in [0.25, 0.3) is 11.8 Å². The predicted molar refractivity (Wildman–Crippen MR) is 75.4 cm³/mol. The van der Waals surface area contributed by atoms with Crippen LogP contribution < -0.4 is 0 Å². The molecule has 114 valence electrons. The fourth-order valence-corrected chi connectivity index (χ4v) is 2.59. The van der Waals surface area contributed by atoms with Gasteiger partial charge in [0.1, 0.15) is 0 Å². The molecule has 1 aromatic heterocycles. The van der Waals surface area contributed by atoms with Crippen molar-refractivity contribution < 1.29 is 14.0 Å². The van der Waals surface area contributed by atoms with Crippen molar-refractivity contribution in [3.8, 4) is 0 Å². The summed E-state index contributed by atoms with van der Waals surface area (Å²) in [5, 5.41) is 6.79. The molecule has 1 N–H and O–H groups in total. The van der Waals surface area contributed by atoms with Crippen molar-refractivity contribution in [2.45, 2.75) is 18.8 Å². The molecule has 2 rings (SSSR count). The zero-order valence-electron chi connectivity index (χ0n) is 12.2. The van der Waals surface area contributed by atoms with Crippen LogP contribution in [0.2, 0.25) is 0 Å². The number of H-pyrrole nitrogens is 1. The van der Waals surface area contributed by atoms with Gasteiger partial charge in [-0.05, 0) is 12.8 Å². The Morgan fingerprint density at radius 3 is 2.86 bits per heavy atom. The maximum atomic E-state index is 13.0. The van der Waals surface area contributed by atoms with Crippen LogP contribution in [0.5, 0.6) is 0 Å². The normalized spacial score (nSPS) is 18.4. The largest absolute Gasteiger partial charge is 0.345 e. The Balaban J connectivity index is 2.19. The first kappa shape index (κ1) is 15.2. The molecule has 1 aliphatic heterocycles. The molecule has 7 heteroatoms. The molecule has 0 aliphatic carbocycles. The Morgan fingerprint density at radius 1 is 1.52 bits per heavy atom. The van der Waals surface area contributed by atoms with E-state index in [-0.39, 0.29) is 11.8 Å². The van der Waals surface area contributed by atoms with Gasteiger partial charge in [-0.1, -0.05) is 6.58 Å². The van der Waals surface area contributed by atoms with Gasteiger partial charge in [0, 0.05) is 33.1 Å². The van der Waals surface area contributed by atoms with Gasteiger partial charge in [0.2, 0.25) is 0 Å². The van der Waals surface area contributed by atoms with Gasteiger partial charge in [-0.25, -0.2) is 4.39 Å². The van der Waals surface area contributed by atoms with E-state index in [1.54, 1.807) is 14.1 Å². The van der Waals surface area contributed by atoms with Crippen LogP contribution in [0.25, 0.3) is 0 Å². The van der Waals surface area contributed by atoms with E-state index in [1.165, 1.54) is 16.0 Å². The van der Waals surface area contributed by atoms with Crippen molar-refractivity contribution in [1.29, 1.82) is 0 Å². The molecule has 1 saturated heterocycles. The lowest BCUT2D eigenvalue weighted by Crippen LogP contribution is -2.39. The molecule has 0 bridgehead atoms. The van der Waals surface area contributed by atoms with Crippen molar-refractivity contribution in [2.24, 2.45) is 0 Å². The number of piperidine rings is 1. The van der Waals surface area contributed by atoms with Crippen LogP contribution in [0.1, 0.15) is 34.8 Å². The lowest BCUT2D eigenvalue weighted by molar-refractivity contribution is -0.129. The topological polar surface area (TPSA) is 69.3 Å². The second-order valence-corrected chi connectivity index (χ2v) is 5.39. The van der Waals surface area contributed by atoms with E-state index < -0.39 is 11.7 Å². The van der Waals surface area contributed by atoms with Crippen LogP contribution in [-0.2, 0) is 4.79 Å². The number of nitrogens with zero attached hydrogens (tertiary/aromatic N) is 3. The molecular formula is C14H19FN4O2. The van der Waals surface area contributed by atoms with Gasteiger partial charge in [-0.2, -0.15) is 5.10 Å². The third-order valence-corrected chi connectivity index (χ3v) is 3.65.